The molecule has 0 N–H and O–H groups in total. The molecule has 0 heterocycles. The Morgan fingerprint density at radius 1 is 1.45 bits per heavy atom. The molecule has 0 unspecified atom stereocenters. The summed E-state index contributed by atoms with van der Waals surface area (Å²) in [6, 6.07) is 0. The molecule has 0 atom stereocenters. The summed E-state index contributed by atoms with van der Waals surface area (Å²) in [6.07, 6.45) is 2.06. The number of methoxy groups -OCH3 is 2. The minimum atomic E-state index is -0.463. The lowest BCUT2D eigenvalue weighted by Crippen LogP contribution is -2.39. The van der Waals surface area contributed by atoms with E-state index in [-0.39, 0.29) is 5.41 Å². The lowest BCUT2D eigenvalue weighted by molar-refractivity contribution is -0.148. The Balaban J connectivity index is 4.06. The predicted molar refractivity (Wildman–Crippen MR) is 50.4 cm³/mol. The van der Waals surface area contributed by atoms with E-state index in [0.29, 0.717) is 0 Å². The topological polar surface area (TPSA) is 18.5 Å². The van der Waals surface area contributed by atoms with E-state index >= 15 is 0 Å². The highest BCUT2D eigenvalue weighted by Gasteiger charge is 2.26. The van der Waals surface area contributed by atoms with Crippen LogP contribution in [0.3, 0.4) is 0 Å². The van der Waals surface area contributed by atoms with Gasteiger partial charge in [0.1, 0.15) is 14.9 Å². The number of rotatable bonds is 6. The third-order valence-electron chi connectivity index (χ3n) is 1.83. The zero-order valence-electron chi connectivity index (χ0n) is 7.72. The highest BCUT2D eigenvalue weighted by atomic mass is 28.2. The molecule has 0 fully saturated rings. The summed E-state index contributed by atoms with van der Waals surface area (Å²) < 4.78 is 10.7. The second kappa shape index (κ2) is 5.52. The quantitative estimate of drug-likeness (QED) is 0.442. The van der Waals surface area contributed by atoms with Crippen molar-refractivity contribution in [1.82, 2.24) is 0 Å². The van der Waals surface area contributed by atoms with E-state index < -0.39 is 9.52 Å². The van der Waals surface area contributed by atoms with Crippen LogP contribution in [-0.2, 0) is 9.47 Å². The molecule has 0 rings (SSSR count). The molecular formula is C8H18O2Si. The predicted octanol–water partition coefficient (Wildman–Crippen LogP) is 1.05. The summed E-state index contributed by atoms with van der Waals surface area (Å²) >= 11 is 0. The second-order valence-electron chi connectivity index (χ2n) is 2.56. The van der Waals surface area contributed by atoms with Crippen molar-refractivity contribution < 1.29 is 9.47 Å². The largest absolute Gasteiger partial charge is 0.357 e. The zero-order valence-corrected chi connectivity index (χ0v) is 9.14. The first-order chi connectivity index (χ1) is 5.24. The molecule has 0 aliphatic heterocycles. The van der Waals surface area contributed by atoms with Gasteiger partial charge >= 0.3 is 0 Å². The minimum absolute atomic E-state index is 0.295. The van der Waals surface area contributed by atoms with Gasteiger partial charge in [-0.1, -0.05) is 13.3 Å². The summed E-state index contributed by atoms with van der Waals surface area (Å²) in [4.78, 5) is 0. The van der Waals surface area contributed by atoms with Gasteiger partial charge in [-0.05, 0) is 6.42 Å². The van der Waals surface area contributed by atoms with E-state index in [4.69, 9.17) is 9.47 Å². The van der Waals surface area contributed by atoms with Crippen LogP contribution in [0.2, 0.25) is 0 Å². The smallest absolute Gasteiger partial charge is 0.148 e. The van der Waals surface area contributed by atoms with Gasteiger partial charge in [0.25, 0.3) is 0 Å². The van der Waals surface area contributed by atoms with E-state index in [1.54, 1.807) is 14.2 Å². The number of ether oxygens (including phenoxy) is 2. The van der Waals surface area contributed by atoms with Crippen molar-refractivity contribution in [2.24, 2.45) is 0 Å². The fourth-order valence-corrected chi connectivity index (χ4v) is 2.49. The maximum atomic E-state index is 5.34. The minimum Gasteiger partial charge on any atom is -0.357 e. The monoisotopic (exact) mass is 174 g/mol. The lowest BCUT2D eigenvalue weighted by atomic mass is 10.3. The molecule has 0 aromatic carbocycles. The van der Waals surface area contributed by atoms with Crippen LogP contribution in [0.25, 0.3) is 0 Å². The number of hydrogen-bond donors (Lipinski definition) is 0. The summed E-state index contributed by atoms with van der Waals surface area (Å²) in [6.45, 7) is 5.85. The fourth-order valence-electron chi connectivity index (χ4n) is 1.16. The van der Waals surface area contributed by atoms with Crippen LogP contribution < -0.4 is 0 Å². The summed E-state index contributed by atoms with van der Waals surface area (Å²) in [7, 11) is 2.95. The van der Waals surface area contributed by atoms with Crippen LogP contribution in [0, 0.1) is 0 Å². The standard InChI is InChI=1S/C8H18O2Si/c1-5-7-8(9-3,10-4)11-6-2/h6H,2,5,7,11H2,1,3-4H3. The molecule has 0 spiro atoms. The Kier molecular flexibility index (Phi) is 5.46. The SMILES string of the molecule is C=C[SiH2]C(CCC)(OC)OC. The van der Waals surface area contributed by atoms with Gasteiger partial charge < -0.3 is 9.47 Å². The molecular weight excluding hydrogens is 156 g/mol. The van der Waals surface area contributed by atoms with Crippen LogP contribution in [0.4, 0.5) is 0 Å². The van der Waals surface area contributed by atoms with E-state index in [2.05, 4.69) is 13.5 Å². The molecule has 0 aliphatic rings. The van der Waals surface area contributed by atoms with E-state index in [9.17, 15) is 0 Å². The highest BCUT2D eigenvalue weighted by molar-refractivity contribution is 6.45. The maximum Gasteiger partial charge on any atom is 0.148 e. The average Bonchev–Trinajstić information content (AvgIpc) is 2.04. The van der Waals surface area contributed by atoms with Crippen molar-refractivity contribution in [3.05, 3.63) is 12.3 Å². The van der Waals surface area contributed by atoms with E-state index in [1.807, 2.05) is 5.70 Å². The molecule has 2 nitrogen and oxygen atoms in total. The first-order valence-corrected chi connectivity index (χ1v) is 5.48. The summed E-state index contributed by atoms with van der Waals surface area (Å²) in [5, 5.41) is 0. The van der Waals surface area contributed by atoms with Gasteiger partial charge in [-0.2, -0.15) is 0 Å². The molecule has 11 heavy (non-hydrogen) atoms. The van der Waals surface area contributed by atoms with Crippen molar-refractivity contribution in [3.8, 4) is 0 Å². The third kappa shape index (κ3) is 3.18. The average molecular weight is 174 g/mol. The highest BCUT2D eigenvalue weighted by Crippen LogP contribution is 2.16. The molecule has 0 aromatic heterocycles. The lowest BCUT2D eigenvalue weighted by Gasteiger charge is -2.29. The molecule has 0 saturated heterocycles. The molecule has 0 aliphatic carbocycles. The fraction of sp³-hybridized carbons (Fsp3) is 0.750. The third-order valence-corrected chi connectivity index (χ3v) is 3.67. The summed E-state index contributed by atoms with van der Waals surface area (Å²) in [5.74, 6) is 0. The Labute approximate surface area is 71.4 Å². The van der Waals surface area contributed by atoms with Crippen LogP contribution in [0.1, 0.15) is 19.8 Å². The van der Waals surface area contributed by atoms with Gasteiger partial charge in [0.15, 0.2) is 0 Å². The molecule has 0 bridgehead atoms. The van der Waals surface area contributed by atoms with Gasteiger partial charge in [0.05, 0.1) is 0 Å². The molecule has 66 valence electrons. The molecule has 3 heteroatoms. The molecule has 0 radical (unpaired) electrons. The van der Waals surface area contributed by atoms with E-state index in [1.165, 1.54) is 0 Å². The first kappa shape index (κ1) is 10.9. The Morgan fingerprint density at radius 2 is 2.00 bits per heavy atom. The Morgan fingerprint density at radius 3 is 2.27 bits per heavy atom. The molecule has 0 saturated carbocycles. The van der Waals surface area contributed by atoms with E-state index in [0.717, 1.165) is 12.8 Å². The van der Waals surface area contributed by atoms with Crippen LogP contribution in [0.5, 0.6) is 0 Å². The van der Waals surface area contributed by atoms with Gasteiger partial charge in [0.2, 0.25) is 0 Å². The molecule has 0 amide bonds. The van der Waals surface area contributed by atoms with Gasteiger partial charge in [0, 0.05) is 14.2 Å². The van der Waals surface area contributed by atoms with Crippen LogP contribution in [0.15, 0.2) is 12.3 Å². The normalized spacial score (nSPS) is 12.6. The van der Waals surface area contributed by atoms with Gasteiger partial charge in [-0.25, -0.2) is 0 Å². The first-order valence-electron chi connectivity index (χ1n) is 3.96. The van der Waals surface area contributed by atoms with Crippen molar-refractivity contribution in [3.63, 3.8) is 0 Å². The Hall–Kier alpha value is -0.123. The second-order valence-corrected chi connectivity index (χ2v) is 4.62. The zero-order chi connectivity index (χ0) is 8.74. The Bertz CT molecular complexity index is 111. The van der Waals surface area contributed by atoms with Crippen LogP contribution in [-0.4, -0.2) is 29.1 Å². The van der Waals surface area contributed by atoms with Gasteiger partial charge in [-0.15, -0.1) is 12.3 Å². The number of hydrogen-bond acceptors (Lipinski definition) is 2. The van der Waals surface area contributed by atoms with Crippen molar-refractivity contribution in [1.29, 1.82) is 0 Å². The van der Waals surface area contributed by atoms with Crippen molar-refractivity contribution >= 4 is 9.52 Å². The van der Waals surface area contributed by atoms with Crippen LogP contribution >= 0.6 is 0 Å². The van der Waals surface area contributed by atoms with Gasteiger partial charge in [-0.3, -0.25) is 0 Å². The van der Waals surface area contributed by atoms with Crippen molar-refractivity contribution in [2.45, 2.75) is 25.2 Å². The maximum absolute atomic E-state index is 5.34. The molecule has 0 aromatic rings. The van der Waals surface area contributed by atoms with Crippen molar-refractivity contribution in [2.75, 3.05) is 14.2 Å². The summed E-state index contributed by atoms with van der Waals surface area (Å²) in [5.41, 5.74) is 1.67.